The number of carbonyl (C=O) groups excluding carboxylic acids is 2. The number of imide groups is 1. The monoisotopic (exact) mass is 548 g/mol. The van der Waals surface area contributed by atoms with Gasteiger partial charge in [-0.3, -0.25) is 19.2 Å². The molecule has 39 heavy (non-hydrogen) atoms. The fourth-order valence-electron chi connectivity index (χ4n) is 5.28. The number of nitriles is 1. The van der Waals surface area contributed by atoms with Crippen molar-refractivity contribution in [3.63, 3.8) is 0 Å². The smallest absolute Gasteiger partial charge is 0.232 e. The van der Waals surface area contributed by atoms with E-state index in [1.54, 1.807) is 12.1 Å². The van der Waals surface area contributed by atoms with Crippen molar-refractivity contribution in [2.24, 2.45) is 0 Å². The molecule has 10 heteroatoms. The topological polar surface area (TPSA) is 122 Å². The number of fused-ring (bicyclic) bond motifs is 1. The van der Waals surface area contributed by atoms with E-state index < -0.39 is 10.0 Å². The maximum absolute atomic E-state index is 12.2. The molecular formula is C29H32N4O5S. The molecule has 2 heterocycles. The summed E-state index contributed by atoms with van der Waals surface area (Å²) in [7, 11) is -3.39. The number of rotatable bonds is 11. The summed E-state index contributed by atoms with van der Waals surface area (Å²) >= 11 is 0. The highest BCUT2D eigenvalue weighted by molar-refractivity contribution is 7.92. The zero-order valence-electron chi connectivity index (χ0n) is 22.0. The summed E-state index contributed by atoms with van der Waals surface area (Å²) < 4.78 is 35.2. The minimum Gasteiger partial charge on any atom is -0.493 e. The Hall–Kier alpha value is -3.84. The number of hydrogen-bond donors (Lipinski definition) is 1. The average molecular weight is 549 g/mol. The van der Waals surface area contributed by atoms with Gasteiger partial charge >= 0.3 is 0 Å². The van der Waals surface area contributed by atoms with E-state index in [1.165, 1.54) is 4.90 Å². The quantitative estimate of drug-likeness (QED) is 0.267. The lowest BCUT2D eigenvalue weighted by Crippen LogP contribution is -2.30. The number of sulfonamides is 1. The molecule has 1 N–H and O–H groups in total. The minimum atomic E-state index is -3.39. The molecular weight excluding hydrogens is 516 g/mol. The van der Waals surface area contributed by atoms with Gasteiger partial charge in [-0.2, -0.15) is 5.26 Å². The molecule has 2 amide bonds. The van der Waals surface area contributed by atoms with E-state index in [4.69, 9.17) is 4.74 Å². The summed E-state index contributed by atoms with van der Waals surface area (Å²) in [5.41, 5.74) is 3.65. The van der Waals surface area contributed by atoms with Crippen LogP contribution in [0.2, 0.25) is 0 Å². The lowest BCUT2D eigenvalue weighted by molar-refractivity contribution is -0.138. The van der Waals surface area contributed by atoms with Crippen LogP contribution in [0.1, 0.15) is 63.5 Å². The molecule has 3 aromatic rings. The Bertz CT molecular complexity index is 1530. The van der Waals surface area contributed by atoms with Crippen molar-refractivity contribution >= 4 is 38.4 Å². The molecule has 1 saturated heterocycles. The van der Waals surface area contributed by atoms with Gasteiger partial charge in [0.25, 0.3) is 0 Å². The van der Waals surface area contributed by atoms with Crippen LogP contribution in [0.3, 0.4) is 0 Å². The third kappa shape index (κ3) is 5.50. The number of carbonyl (C=O) groups is 2. The summed E-state index contributed by atoms with van der Waals surface area (Å²) in [4.78, 5) is 24.9. The van der Waals surface area contributed by atoms with Gasteiger partial charge in [0.1, 0.15) is 11.8 Å². The van der Waals surface area contributed by atoms with Crippen LogP contribution < -0.4 is 9.46 Å². The van der Waals surface area contributed by atoms with E-state index in [0.717, 1.165) is 41.4 Å². The first-order chi connectivity index (χ1) is 18.8. The van der Waals surface area contributed by atoms with Gasteiger partial charge in [0.2, 0.25) is 21.8 Å². The molecule has 1 aromatic heterocycles. The highest BCUT2D eigenvalue weighted by Crippen LogP contribution is 2.43. The maximum Gasteiger partial charge on any atom is 0.232 e. The number of ether oxygens (including phenoxy) is 1. The van der Waals surface area contributed by atoms with Crippen molar-refractivity contribution in [3.8, 4) is 23.1 Å². The summed E-state index contributed by atoms with van der Waals surface area (Å²) in [5.74, 6) is 0.476. The number of nitrogens with zero attached hydrogens (tertiary/aromatic N) is 3. The molecule has 2 aliphatic rings. The summed E-state index contributed by atoms with van der Waals surface area (Å²) in [6, 6.07) is 15.5. The predicted molar refractivity (Wildman–Crippen MR) is 149 cm³/mol. The third-order valence-electron chi connectivity index (χ3n) is 7.38. The Morgan fingerprint density at radius 2 is 1.79 bits per heavy atom. The van der Waals surface area contributed by atoms with Crippen LogP contribution in [0.4, 0.5) is 5.69 Å². The van der Waals surface area contributed by atoms with Crippen LogP contribution in [0.15, 0.2) is 42.5 Å². The SMILES string of the molecule is CCCS(=O)(=O)Nc1ccc(-c2c(C#N)c3ccc(OCCCN4C(=O)CCC4=O)cc3n2C2CCC2)cc1. The Labute approximate surface area is 228 Å². The molecule has 5 rings (SSSR count). The van der Waals surface area contributed by atoms with Crippen LogP contribution in [-0.4, -0.2) is 48.6 Å². The first-order valence-corrected chi connectivity index (χ1v) is 15.1. The van der Waals surface area contributed by atoms with Crippen molar-refractivity contribution in [3.05, 3.63) is 48.0 Å². The molecule has 0 unspecified atom stereocenters. The molecule has 0 radical (unpaired) electrons. The first-order valence-electron chi connectivity index (χ1n) is 13.5. The van der Waals surface area contributed by atoms with Gasteiger partial charge in [0.05, 0.1) is 29.1 Å². The lowest BCUT2D eigenvalue weighted by Gasteiger charge is -2.30. The Kier molecular flexibility index (Phi) is 7.62. The lowest BCUT2D eigenvalue weighted by atomic mass is 9.92. The number of hydrogen-bond acceptors (Lipinski definition) is 6. The Balaban J connectivity index is 1.41. The van der Waals surface area contributed by atoms with Gasteiger partial charge in [-0.05, 0) is 61.9 Å². The average Bonchev–Trinajstić information content (AvgIpc) is 3.37. The van der Waals surface area contributed by atoms with Crippen LogP contribution in [0, 0.1) is 11.3 Å². The van der Waals surface area contributed by atoms with Gasteiger partial charge in [-0.25, -0.2) is 8.42 Å². The second-order valence-corrected chi connectivity index (χ2v) is 12.0. The van der Waals surface area contributed by atoms with E-state index in [9.17, 15) is 23.3 Å². The van der Waals surface area contributed by atoms with Gasteiger partial charge in [-0.1, -0.05) is 19.1 Å². The second-order valence-electron chi connectivity index (χ2n) is 10.1. The van der Waals surface area contributed by atoms with Crippen molar-refractivity contribution in [2.75, 3.05) is 23.6 Å². The van der Waals surface area contributed by atoms with E-state index in [0.29, 0.717) is 43.0 Å². The van der Waals surface area contributed by atoms with E-state index in [2.05, 4.69) is 15.4 Å². The zero-order chi connectivity index (χ0) is 27.6. The van der Waals surface area contributed by atoms with Crippen LogP contribution in [-0.2, 0) is 19.6 Å². The number of nitrogens with one attached hydrogen (secondary N) is 1. The van der Waals surface area contributed by atoms with E-state index in [1.807, 2.05) is 37.3 Å². The number of anilines is 1. The molecule has 0 bridgehead atoms. The maximum atomic E-state index is 12.2. The standard InChI is InChI=1S/C29H32N4O5S/c1-2-17-39(36,37)31-21-9-7-20(8-10-21)29-25(19-30)24-12-11-23(18-26(24)33(29)22-5-3-6-22)38-16-4-15-32-27(34)13-14-28(32)35/h7-12,18,22,31H,2-6,13-17H2,1H3. The highest BCUT2D eigenvalue weighted by atomic mass is 32.2. The molecule has 0 spiro atoms. The fraction of sp³-hybridized carbons (Fsp3) is 0.414. The molecule has 1 aliphatic heterocycles. The molecule has 1 saturated carbocycles. The van der Waals surface area contributed by atoms with Gasteiger partial charge < -0.3 is 9.30 Å². The van der Waals surface area contributed by atoms with Crippen LogP contribution in [0.25, 0.3) is 22.2 Å². The number of amides is 2. The van der Waals surface area contributed by atoms with Crippen LogP contribution >= 0.6 is 0 Å². The zero-order valence-corrected chi connectivity index (χ0v) is 22.8. The predicted octanol–water partition coefficient (Wildman–Crippen LogP) is 4.97. The largest absolute Gasteiger partial charge is 0.493 e. The van der Waals surface area contributed by atoms with Gasteiger partial charge in [0, 0.05) is 42.6 Å². The van der Waals surface area contributed by atoms with Crippen molar-refractivity contribution < 1.29 is 22.7 Å². The summed E-state index contributed by atoms with van der Waals surface area (Å²) in [6.07, 6.45) is 4.80. The highest BCUT2D eigenvalue weighted by Gasteiger charge is 2.29. The Morgan fingerprint density at radius 1 is 1.08 bits per heavy atom. The van der Waals surface area contributed by atoms with Crippen LogP contribution in [0.5, 0.6) is 5.75 Å². The molecule has 204 valence electrons. The second kappa shape index (κ2) is 11.1. The first kappa shape index (κ1) is 26.8. The molecule has 2 aromatic carbocycles. The van der Waals surface area contributed by atoms with E-state index in [-0.39, 0.29) is 36.5 Å². The third-order valence-corrected chi connectivity index (χ3v) is 8.87. The fourth-order valence-corrected chi connectivity index (χ4v) is 6.42. The Morgan fingerprint density at radius 3 is 2.41 bits per heavy atom. The van der Waals surface area contributed by atoms with Crippen molar-refractivity contribution in [1.82, 2.24) is 9.47 Å². The summed E-state index contributed by atoms with van der Waals surface area (Å²) in [5, 5.41) is 11.0. The van der Waals surface area contributed by atoms with E-state index >= 15 is 0 Å². The molecule has 0 atom stereocenters. The number of likely N-dealkylation sites (tertiary alicyclic amines) is 1. The van der Waals surface area contributed by atoms with Gasteiger partial charge in [-0.15, -0.1) is 0 Å². The minimum absolute atomic E-state index is 0.0577. The number of aromatic nitrogens is 1. The molecule has 2 fully saturated rings. The van der Waals surface area contributed by atoms with Crippen molar-refractivity contribution in [2.45, 2.75) is 57.9 Å². The normalized spacial score (nSPS) is 15.9. The molecule has 9 nitrogen and oxygen atoms in total. The number of benzene rings is 2. The molecule has 1 aliphatic carbocycles. The summed E-state index contributed by atoms with van der Waals surface area (Å²) in [6.45, 7) is 2.53. The van der Waals surface area contributed by atoms with Crippen molar-refractivity contribution in [1.29, 1.82) is 5.26 Å². The van der Waals surface area contributed by atoms with Gasteiger partial charge in [0.15, 0.2) is 0 Å².